The first kappa shape index (κ1) is 11.6. The average molecular weight is 232 g/mol. The minimum Gasteiger partial charge on any atom is -0.374 e. The molecule has 1 heterocycles. The van der Waals surface area contributed by atoms with Crippen LogP contribution in [-0.4, -0.2) is 25.3 Å². The van der Waals surface area contributed by atoms with Gasteiger partial charge in [0.05, 0.1) is 6.42 Å². The maximum absolute atomic E-state index is 11.2. The molecular formula is C13H16N2O2. The molecule has 17 heavy (non-hydrogen) atoms. The highest BCUT2D eigenvalue weighted by atomic mass is 16.1. The highest BCUT2D eigenvalue weighted by Crippen LogP contribution is 2.27. The number of hydrogen-bond acceptors (Lipinski definition) is 3. The smallest absolute Gasteiger partial charge is 0.228 e. The lowest BCUT2D eigenvalue weighted by molar-refractivity contribution is -0.117. The Morgan fingerprint density at radius 1 is 1.47 bits per heavy atom. The standard InChI is InChI=1S/C13H16N2O2/c1-9(16)5-6-15(2)11-3-4-12-10(7-11)8-13(17)14-12/h3-4,7H,5-6,8H2,1-2H3,(H,14,17). The summed E-state index contributed by atoms with van der Waals surface area (Å²) in [5, 5.41) is 2.80. The lowest BCUT2D eigenvalue weighted by atomic mass is 10.1. The first-order chi connectivity index (χ1) is 8.06. The number of Topliss-reactive ketones (excluding diaryl/α,β-unsaturated/α-hetero) is 1. The molecule has 0 saturated carbocycles. The molecule has 4 nitrogen and oxygen atoms in total. The number of rotatable bonds is 4. The maximum Gasteiger partial charge on any atom is 0.228 e. The molecule has 0 aromatic heterocycles. The summed E-state index contributed by atoms with van der Waals surface area (Å²) >= 11 is 0. The van der Waals surface area contributed by atoms with Crippen LogP contribution in [0.15, 0.2) is 18.2 Å². The van der Waals surface area contributed by atoms with E-state index in [1.54, 1.807) is 6.92 Å². The van der Waals surface area contributed by atoms with Crippen molar-refractivity contribution in [3.8, 4) is 0 Å². The Balaban J connectivity index is 2.10. The molecule has 1 N–H and O–H groups in total. The third-order valence-corrected chi connectivity index (χ3v) is 2.95. The van der Waals surface area contributed by atoms with Crippen LogP contribution in [0.4, 0.5) is 11.4 Å². The second-order valence-corrected chi connectivity index (χ2v) is 4.44. The Kier molecular flexibility index (Phi) is 3.13. The molecule has 1 aliphatic heterocycles. The first-order valence-electron chi connectivity index (χ1n) is 5.69. The maximum atomic E-state index is 11.2. The van der Waals surface area contributed by atoms with E-state index < -0.39 is 0 Å². The van der Waals surface area contributed by atoms with Gasteiger partial charge in [0.1, 0.15) is 5.78 Å². The van der Waals surface area contributed by atoms with Crippen LogP contribution in [0.2, 0.25) is 0 Å². The van der Waals surface area contributed by atoms with Gasteiger partial charge in [0.15, 0.2) is 0 Å². The molecule has 90 valence electrons. The number of nitrogens with one attached hydrogen (secondary N) is 1. The van der Waals surface area contributed by atoms with Gasteiger partial charge in [-0.25, -0.2) is 0 Å². The quantitative estimate of drug-likeness (QED) is 0.857. The van der Waals surface area contributed by atoms with E-state index >= 15 is 0 Å². The van der Waals surface area contributed by atoms with Crippen LogP contribution in [0.3, 0.4) is 0 Å². The van der Waals surface area contributed by atoms with Crippen LogP contribution >= 0.6 is 0 Å². The summed E-state index contributed by atoms with van der Waals surface area (Å²) in [4.78, 5) is 24.2. The van der Waals surface area contributed by atoms with Crippen molar-refractivity contribution < 1.29 is 9.59 Å². The predicted octanol–water partition coefficient (Wildman–Crippen LogP) is 1.60. The largest absolute Gasteiger partial charge is 0.374 e. The zero-order chi connectivity index (χ0) is 12.4. The van der Waals surface area contributed by atoms with Crippen LogP contribution in [0.25, 0.3) is 0 Å². The van der Waals surface area contributed by atoms with E-state index in [0.717, 1.165) is 16.9 Å². The van der Waals surface area contributed by atoms with E-state index in [2.05, 4.69) is 5.32 Å². The molecule has 1 aromatic rings. The summed E-state index contributed by atoms with van der Waals surface area (Å²) < 4.78 is 0. The van der Waals surface area contributed by atoms with Gasteiger partial charge >= 0.3 is 0 Å². The number of ketones is 1. The summed E-state index contributed by atoms with van der Waals surface area (Å²) in [6.07, 6.45) is 0.995. The summed E-state index contributed by atoms with van der Waals surface area (Å²) in [5.74, 6) is 0.235. The highest BCUT2D eigenvalue weighted by molar-refractivity contribution is 5.99. The van der Waals surface area contributed by atoms with Crippen molar-refractivity contribution in [3.63, 3.8) is 0 Å². The van der Waals surface area contributed by atoms with Gasteiger partial charge in [-0.1, -0.05) is 0 Å². The molecule has 4 heteroatoms. The molecule has 0 radical (unpaired) electrons. The number of benzene rings is 1. The minimum atomic E-state index is 0.0449. The molecular weight excluding hydrogens is 216 g/mol. The average Bonchev–Trinajstić information content (AvgIpc) is 2.64. The Morgan fingerprint density at radius 3 is 2.94 bits per heavy atom. The molecule has 0 saturated heterocycles. The van der Waals surface area contributed by atoms with Crippen molar-refractivity contribution in [2.75, 3.05) is 23.8 Å². The Labute approximate surface area is 101 Å². The van der Waals surface area contributed by atoms with Crippen LogP contribution < -0.4 is 10.2 Å². The van der Waals surface area contributed by atoms with Crippen molar-refractivity contribution in [1.29, 1.82) is 0 Å². The molecule has 1 aromatic carbocycles. The molecule has 0 atom stereocenters. The molecule has 0 unspecified atom stereocenters. The topological polar surface area (TPSA) is 49.4 Å². The predicted molar refractivity (Wildman–Crippen MR) is 67.3 cm³/mol. The van der Waals surface area contributed by atoms with Gasteiger partial charge in [0.25, 0.3) is 0 Å². The van der Waals surface area contributed by atoms with Crippen LogP contribution in [0.1, 0.15) is 18.9 Å². The van der Waals surface area contributed by atoms with E-state index in [4.69, 9.17) is 0 Å². The number of amides is 1. The molecule has 0 spiro atoms. The fourth-order valence-corrected chi connectivity index (χ4v) is 1.91. The van der Waals surface area contributed by atoms with E-state index in [-0.39, 0.29) is 11.7 Å². The van der Waals surface area contributed by atoms with Gasteiger partial charge in [-0.3, -0.25) is 9.59 Å². The van der Waals surface area contributed by atoms with Gasteiger partial charge in [0.2, 0.25) is 5.91 Å². The Bertz CT molecular complexity index is 468. The fraction of sp³-hybridized carbons (Fsp3) is 0.385. The summed E-state index contributed by atoms with van der Waals surface area (Å²) in [6.45, 7) is 2.30. The molecule has 1 aliphatic rings. The molecule has 0 aliphatic carbocycles. The van der Waals surface area contributed by atoms with E-state index in [1.165, 1.54) is 0 Å². The summed E-state index contributed by atoms with van der Waals surface area (Å²) in [5.41, 5.74) is 2.97. The molecule has 0 fully saturated rings. The highest BCUT2D eigenvalue weighted by Gasteiger charge is 2.18. The monoisotopic (exact) mass is 232 g/mol. The van der Waals surface area contributed by atoms with Crippen molar-refractivity contribution in [2.24, 2.45) is 0 Å². The minimum absolute atomic E-state index is 0.0449. The van der Waals surface area contributed by atoms with Gasteiger partial charge in [-0.05, 0) is 30.7 Å². The number of carbonyl (C=O) groups is 2. The number of fused-ring (bicyclic) bond motifs is 1. The van der Waals surface area contributed by atoms with Crippen LogP contribution in [0.5, 0.6) is 0 Å². The Hall–Kier alpha value is -1.84. The third-order valence-electron chi connectivity index (χ3n) is 2.95. The summed E-state index contributed by atoms with van der Waals surface area (Å²) in [7, 11) is 1.95. The zero-order valence-corrected chi connectivity index (χ0v) is 10.1. The molecule has 2 rings (SSSR count). The van der Waals surface area contributed by atoms with E-state index in [1.807, 2.05) is 30.1 Å². The number of hydrogen-bond donors (Lipinski definition) is 1. The van der Waals surface area contributed by atoms with Crippen LogP contribution in [-0.2, 0) is 16.0 Å². The van der Waals surface area contributed by atoms with Crippen molar-refractivity contribution >= 4 is 23.1 Å². The van der Waals surface area contributed by atoms with E-state index in [0.29, 0.717) is 19.4 Å². The lowest BCUT2D eigenvalue weighted by Gasteiger charge is -2.19. The second-order valence-electron chi connectivity index (χ2n) is 4.44. The Morgan fingerprint density at radius 2 is 2.24 bits per heavy atom. The lowest BCUT2D eigenvalue weighted by Crippen LogP contribution is -2.20. The normalized spacial score (nSPS) is 13.2. The fourth-order valence-electron chi connectivity index (χ4n) is 1.91. The molecule has 0 bridgehead atoms. The van der Waals surface area contributed by atoms with Crippen LogP contribution in [0, 0.1) is 0 Å². The van der Waals surface area contributed by atoms with Crippen molar-refractivity contribution in [2.45, 2.75) is 19.8 Å². The number of nitrogens with zero attached hydrogens (tertiary/aromatic N) is 1. The third kappa shape index (κ3) is 2.64. The first-order valence-corrected chi connectivity index (χ1v) is 5.69. The van der Waals surface area contributed by atoms with Crippen molar-refractivity contribution in [3.05, 3.63) is 23.8 Å². The number of carbonyl (C=O) groups excluding carboxylic acids is 2. The van der Waals surface area contributed by atoms with Crippen molar-refractivity contribution in [1.82, 2.24) is 0 Å². The second kappa shape index (κ2) is 4.57. The van der Waals surface area contributed by atoms with E-state index in [9.17, 15) is 9.59 Å². The van der Waals surface area contributed by atoms with Gasteiger partial charge in [-0.15, -0.1) is 0 Å². The summed E-state index contributed by atoms with van der Waals surface area (Å²) in [6, 6.07) is 5.89. The SMILES string of the molecule is CC(=O)CCN(C)c1ccc2c(c1)CC(=O)N2. The van der Waals surface area contributed by atoms with Gasteiger partial charge in [0, 0.05) is 31.4 Å². The zero-order valence-electron chi connectivity index (χ0n) is 10.1. The van der Waals surface area contributed by atoms with Gasteiger partial charge < -0.3 is 10.2 Å². The number of anilines is 2. The van der Waals surface area contributed by atoms with Gasteiger partial charge in [-0.2, -0.15) is 0 Å². The molecule has 1 amide bonds.